The molecule has 0 aromatic heterocycles. The van der Waals surface area contributed by atoms with E-state index in [1.807, 2.05) is 13.8 Å². The summed E-state index contributed by atoms with van der Waals surface area (Å²) in [6.45, 7) is 12.5. The van der Waals surface area contributed by atoms with Crippen LogP contribution in [-0.2, 0) is 9.53 Å². The summed E-state index contributed by atoms with van der Waals surface area (Å²) in [6.07, 6.45) is 4.16. The maximum atomic E-state index is 12.2. The molecular weight excluding hydrogens is 252 g/mol. The normalized spacial score (nSPS) is 15.9. The van der Waals surface area contributed by atoms with Crippen LogP contribution in [0.4, 0.5) is 0 Å². The first-order valence-electron chi connectivity index (χ1n) is 8.03. The van der Waals surface area contributed by atoms with Gasteiger partial charge in [-0.25, -0.2) is 0 Å². The van der Waals surface area contributed by atoms with Crippen molar-refractivity contribution in [3.63, 3.8) is 0 Å². The molecule has 4 heteroatoms. The van der Waals surface area contributed by atoms with E-state index in [-0.39, 0.29) is 5.97 Å². The van der Waals surface area contributed by atoms with Gasteiger partial charge in [0.25, 0.3) is 0 Å². The third-order valence-electron chi connectivity index (χ3n) is 3.91. The van der Waals surface area contributed by atoms with E-state index in [1.165, 1.54) is 12.8 Å². The predicted octanol–water partition coefficient (Wildman–Crippen LogP) is 2.82. The van der Waals surface area contributed by atoms with Crippen LogP contribution in [0, 0.1) is 0 Å². The number of nitrogens with zero attached hydrogens (tertiary/aromatic N) is 1. The van der Waals surface area contributed by atoms with Crippen LogP contribution in [0.5, 0.6) is 0 Å². The number of hydrogen-bond acceptors (Lipinski definition) is 4. The van der Waals surface area contributed by atoms with Crippen molar-refractivity contribution in [1.29, 1.82) is 0 Å². The summed E-state index contributed by atoms with van der Waals surface area (Å²) in [5, 5.41) is 3.36. The third-order valence-corrected chi connectivity index (χ3v) is 3.91. The highest BCUT2D eigenvalue weighted by Crippen LogP contribution is 2.15. The maximum absolute atomic E-state index is 12.2. The molecule has 120 valence electrons. The lowest BCUT2D eigenvalue weighted by Crippen LogP contribution is -2.52. The average Bonchev–Trinajstić information content (AvgIpc) is 2.43. The minimum absolute atomic E-state index is 0.134. The Morgan fingerprint density at radius 3 is 2.45 bits per heavy atom. The molecule has 0 spiro atoms. The van der Waals surface area contributed by atoms with Crippen molar-refractivity contribution in [2.75, 3.05) is 26.7 Å². The molecule has 0 fully saturated rings. The summed E-state index contributed by atoms with van der Waals surface area (Å²) in [5.41, 5.74) is -0.577. The highest BCUT2D eigenvalue weighted by molar-refractivity contribution is 5.80. The number of hydrogen-bond donors (Lipinski definition) is 1. The first kappa shape index (κ1) is 19.4. The highest BCUT2D eigenvalue weighted by Gasteiger charge is 2.34. The summed E-state index contributed by atoms with van der Waals surface area (Å²) in [4.78, 5) is 14.5. The van der Waals surface area contributed by atoms with Crippen molar-refractivity contribution in [2.24, 2.45) is 0 Å². The van der Waals surface area contributed by atoms with Gasteiger partial charge in [0.1, 0.15) is 5.54 Å². The van der Waals surface area contributed by atoms with Crippen LogP contribution >= 0.6 is 0 Å². The van der Waals surface area contributed by atoms with Crippen LogP contribution in [0.3, 0.4) is 0 Å². The Labute approximate surface area is 125 Å². The molecule has 0 bridgehead atoms. The van der Waals surface area contributed by atoms with Crippen LogP contribution in [-0.4, -0.2) is 49.2 Å². The first-order valence-corrected chi connectivity index (χ1v) is 8.03. The third kappa shape index (κ3) is 6.71. The van der Waals surface area contributed by atoms with E-state index in [4.69, 9.17) is 4.74 Å². The van der Waals surface area contributed by atoms with E-state index in [0.29, 0.717) is 12.6 Å². The fourth-order valence-electron chi connectivity index (χ4n) is 2.21. The SMILES string of the molecule is CCCNC(C)(CCN(C)C(C)CCC)C(=O)OCC. The number of nitrogens with one attached hydrogen (secondary N) is 1. The van der Waals surface area contributed by atoms with Crippen molar-refractivity contribution in [2.45, 2.75) is 71.9 Å². The lowest BCUT2D eigenvalue weighted by atomic mass is 9.96. The average molecular weight is 286 g/mol. The minimum Gasteiger partial charge on any atom is -0.465 e. The topological polar surface area (TPSA) is 41.6 Å². The molecule has 1 N–H and O–H groups in total. The van der Waals surface area contributed by atoms with Gasteiger partial charge in [-0.05, 0) is 53.6 Å². The van der Waals surface area contributed by atoms with Crippen LogP contribution < -0.4 is 5.32 Å². The highest BCUT2D eigenvalue weighted by atomic mass is 16.5. The Morgan fingerprint density at radius 1 is 1.30 bits per heavy atom. The molecule has 2 unspecified atom stereocenters. The predicted molar refractivity (Wildman–Crippen MR) is 84.9 cm³/mol. The van der Waals surface area contributed by atoms with Crippen molar-refractivity contribution in [3.8, 4) is 0 Å². The molecule has 4 nitrogen and oxygen atoms in total. The Kier molecular flexibility index (Phi) is 9.86. The molecule has 2 atom stereocenters. The van der Waals surface area contributed by atoms with Gasteiger partial charge in [0.2, 0.25) is 0 Å². The summed E-state index contributed by atoms with van der Waals surface area (Å²) in [7, 11) is 2.13. The molecule has 0 heterocycles. The molecule has 0 aliphatic rings. The van der Waals surface area contributed by atoms with Gasteiger partial charge >= 0.3 is 5.97 Å². The van der Waals surface area contributed by atoms with Crippen LogP contribution in [0.25, 0.3) is 0 Å². The van der Waals surface area contributed by atoms with Gasteiger partial charge in [-0.3, -0.25) is 4.79 Å². The van der Waals surface area contributed by atoms with Crippen molar-refractivity contribution >= 4 is 5.97 Å². The Morgan fingerprint density at radius 2 is 1.95 bits per heavy atom. The van der Waals surface area contributed by atoms with Gasteiger partial charge in [0.15, 0.2) is 0 Å². The van der Waals surface area contributed by atoms with Gasteiger partial charge in [0.05, 0.1) is 6.61 Å². The first-order chi connectivity index (χ1) is 9.41. The Hall–Kier alpha value is -0.610. The zero-order valence-corrected chi connectivity index (χ0v) is 14.3. The molecule has 0 radical (unpaired) electrons. The standard InChI is InChI=1S/C16H34N2O2/c1-7-10-14(4)18(6)13-11-16(5,17-12-8-2)15(19)20-9-3/h14,17H,7-13H2,1-6H3. The molecule has 0 aromatic carbocycles. The molecule has 0 aliphatic carbocycles. The lowest BCUT2D eigenvalue weighted by Gasteiger charge is -2.32. The van der Waals surface area contributed by atoms with E-state index in [0.717, 1.165) is 25.9 Å². The molecule has 0 saturated carbocycles. The molecule has 0 rings (SSSR count). The summed E-state index contributed by atoms with van der Waals surface area (Å²) >= 11 is 0. The van der Waals surface area contributed by atoms with Crippen LogP contribution in [0.15, 0.2) is 0 Å². The largest absolute Gasteiger partial charge is 0.465 e. The van der Waals surface area contributed by atoms with E-state index >= 15 is 0 Å². The van der Waals surface area contributed by atoms with Gasteiger partial charge in [0, 0.05) is 12.6 Å². The van der Waals surface area contributed by atoms with Gasteiger partial charge < -0.3 is 15.0 Å². The Balaban J connectivity index is 4.52. The van der Waals surface area contributed by atoms with E-state index < -0.39 is 5.54 Å². The van der Waals surface area contributed by atoms with Gasteiger partial charge in [-0.15, -0.1) is 0 Å². The van der Waals surface area contributed by atoms with Crippen molar-refractivity contribution < 1.29 is 9.53 Å². The fraction of sp³-hybridized carbons (Fsp3) is 0.938. The molecule has 0 amide bonds. The molecule has 20 heavy (non-hydrogen) atoms. The lowest BCUT2D eigenvalue weighted by molar-refractivity contribution is -0.151. The van der Waals surface area contributed by atoms with Crippen LogP contribution in [0.2, 0.25) is 0 Å². The van der Waals surface area contributed by atoms with Crippen molar-refractivity contribution in [3.05, 3.63) is 0 Å². The summed E-state index contributed by atoms with van der Waals surface area (Å²) in [6, 6.07) is 0.553. The van der Waals surface area contributed by atoms with E-state index in [1.54, 1.807) is 0 Å². The van der Waals surface area contributed by atoms with Gasteiger partial charge in [-0.1, -0.05) is 20.3 Å². The smallest absolute Gasteiger partial charge is 0.326 e. The minimum atomic E-state index is -0.577. The zero-order chi connectivity index (χ0) is 15.6. The van der Waals surface area contributed by atoms with E-state index in [2.05, 4.69) is 38.0 Å². The fourth-order valence-corrected chi connectivity index (χ4v) is 2.21. The Bertz CT molecular complexity index is 271. The molecule has 0 aliphatic heterocycles. The molecule has 0 aromatic rings. The monoisotopic (exact) mass is 286 g/mol. The van der Waals surface area contributed by atoms with Crippen molar-refractivity contribution in [1.82, 2.24) is 10.2 Å². The zero-order valence-electron chi connectivity index (χ0n) is 14.3. The molecular formula is C16H34N2O2. The summed E-state index contributed by atoms with van der Waals surface area (Å²) in [5.74, 6) is -0.134. The number of carbonyl (C=O) groups excluding carboxylic acids is 1. The maximum Gasteiger partial charge on any atom is 0.326 e. The second-order valence-corrected chi connectivity index (χ2v) is 5.85. The number of rotatable bonds is 11. The van der Waals surface area contributed by atoms with E-state index in [9.17, 15) is 4.79 Å². The number of esters is 1. The second-order valence-electron chi connectivity index (χ2n) is 5.85. The molecule has 0 saturated heterocycles. The quantitative estimate of drug-likeness (QED) is 0.593. The number of carbonyl (C=O) groups is 1. The van der Waals surface area contributed by atoms with Crippen LogP contribution in [0.1, 0.15) is 60.3 Å². The second kappa shape index (κ2) is 10.2. The summed E-state index contributed by atoms with van der Waals surface area (Å²) < 4.78 is 5.22. The van der Waals surface area contributed by atoms with Gasteiger partial charge in [-0.2, -0.15) is 0 Å². The number of ether oxygens (including phenoxy) is 1.